The summed E-state index contributed by atoms with van der Waals surface area (Å²) in [5, 5.41) is 29.9. The van der Waals surface area contributed by atoms with Gasteiger partial charge in [0.1, 0.15) is 28.4 Å². The van der Waals surface area contributed by atoms with Crippen LogP contribution in [0, 0.1) is 23.3 Å². The molecule has 4 aromatic heterocycles. The summed E-state index contributed by atoms with van der Waals surface area (Å²) >= 11 is 26.7. The Hall–Kier alpha value is -8.46. The molecular weight excluding hydrogens is 1480 g/mol. The molecule has 0 fully saturated rings. The van der Waals surface area contributed by atoms with Gasteiger partial charge in [0.2, 0.25) is 11.1 Å². The predicted molar refractivity (Wildman–Crippen MR) is 407 cm³/mol. The van der Waals surface area contributed by atoms with Crippen LogP contribution in [0.4, 0.5) is 17.6 Å². The molecule has 0 spiro atoms. The first-order chi connectivity index (χ1) is 48.9. The minimum Gasteiger partial charge on any atom is -0.493 e. The number of hydrogen-bond acceptors (Lipinski definition) is 18. The number of ketones is 3. The fourth-order valence-corrected chi connectivity index (χ4v) is 14.0. The highest BCUT2D eigenvalue weighted by molar-refractivity contribution is 7.18. The van der Waals surface area contributed by atoms with Crippen molar-refractivity contribution in [3.8, 4) is 23.0 Å². The topological polar surface area (TPSA) is 203 Å². The highest BCUT2D eigenvalue weighted by atomic mass is 35.5. The number of carboxylic acid groups (broad SMARTS) is 1. The van der Waals surface area contributed by atoms with Crippen LogP contribution in [0.25, 0.3) is 40.3 Å². The third-order valence-corrected chi connectivity index (χ3v) is 20.0. The number of methoxy groups -OCH3 is 4. The third-order valence-electron chi connectivity index (χ3n) is 14.7. The molecule has 2 aliphatic heterocycles. The second-order valence-electron chi connectivity index (χ2n) is 22.1. The van der Waals surface area contributed by atoms with Crippen LogP contribution < -0.4 is 24.4 Å². The van der Waals surface area contributed by atoms with E-state index in [-0.39, 0.29) is 83.9 Å². The van der Waals surface area contributed by atoms with Crippen molar-refractivity contribution in [1.82, 2.24) is 15.3 Å². The zero-order chi connectivity index (χ0) is 74.6. The van der Waals surface area contributed by atoms with Crippen molar-refractivity contribution in [3.63, 3.8) is 0 Å². The average Bonchev–Trinajstić information content (AvgIpc) is 1.66. The summed E-state index contributed by atoms with van der Waals surface area (Å²) in [5.74, 6) is 0.201. The molecule has 0 atom stereocenters. The van der Waals surface area contributed by atoms with Crippen molar-refractivity contribution >= 4 is 178 Å². The highest BCUT2D eigenvalue weighted by Gasteiger charge is 2.25. The number of Topliss-reactive ketones (excluding diaryl/α,β-unsaturated/α-hetero) is 3. The number of carbonyl (C=O) groups is 6. The molecule has 2 N–H and O–H groups in total. The number of hydrogen-bond donors (Lipinski definition) is 2. The van der Waals surface area contributed by atoms with Gasteiger partial charge in [-0.3, -0.25) is 28.8 Å². The molecule has 1 amide bonds. The second-order valence-corrected chi connectivity index (χ2v) is 27.2. The smallest absolute Gasteiger partial charge is 0.303 e. The molecule has 0 saturated heterocycles. The summed E-state index contributed by atoms with van der Waals surface area (Å²) in [6.45, 7) is 5.30. The molecule has 0 radical (unpaired) electrons. The van der Waals surface area contributed by atoms with Crippen LogP contribution in [0.3, 0.4) is 0 Å². The van der Waals surface area contributed by atoms with E-state index in [1.54, 1.807) is 72.1 Å². The molecule has 0 unspecified atom stereocenters. The summed E-state index contributed by atoms with van der Waals surface area (Å²) in [6.07, 6.45) is 2.01. The number of aliphatic carboxylic acids is 1. The maximum absolute atomic E-state index is 14.0. The summed E-state index contributed by atoms with van der Waals surface area (Å²) < 4.78 is 76.7. The first kappa shape index (κ1) is 82.5. The molecule has 2 aliphatic rings. The molecule has 10 aromatic rings. The lowest BCUT2D eigenvalue weighted by atomic mass is 10.1. The van der Waals surface area contributed by atoms with E-state index in [1.807, 2.05) is 73.2 Å². The van der Waals surface area contributed by atoms with Crippen LogP contribution in [-0.4, -0.2) is 128 Å². The van der Waals surface area contributed by atoms with E-state index >= 15 is 0 Å². The van der Waals surface area contributed by atoms with Gasteiger partial charge in [0, 0.05) is 137 Å². The number of amides is 1. The fourth-order valence-electron chi connectivity index (χ4n) is 9.71. The molecule has 28 heteroatoms. The van der Waals surface area contributed by atoms with Crippen LogP contribution in [0.2, 0.25) is 0 Å². The molecule has 16 nitrogen and oxygen atoms in total. The number of benzene rings is 6. The van der Waals surface area contributed by atoms with Gasteiger partial charge >= 0.3 is 5.97 Å². The Morgan fingerprint density at radius 2 is 1.03 bits per heavy atom. The van der Waals surface area contributed by atoms with Crippen molar-refractivity contribution in [3.05, 3.63) is 199 Å². The van der Waals surface area contributed by atoms with E-state index < -0.39 is 5.97 Å². The van der Waals surface area contributed by atoms with Crippen LogP contribution in [-0.2, 0) is 14.4 Å². The number of nitrogens with zero attached hydrogens (tertiary/aromatic N) is 4. The van der Waals surface area contributed by atoms with E-state index in [4.69, 9.17) is 70.5 Å². The number of ether oxygens (including phenoxy) is 4. The minimum atomic E-state index is -0.987. The highest BCUT2D eigenvalue weighted by Crippen LogP contribution is 2.35. The van der Waals surface area contributed by atoms with Crippen LogP contribution in [0.15, 0.2) is 158 Å². The quantitative estimate of drug-likeness (QED) is 0.0240. The monoisotopic (exact) mass is 1550 g/mol. The summed E-state index contributed by atoms with van der Waals surface area (Å²) in [5.41, 5.74) is 9.27. The van der Waals surface area contributed by atoms with Gasteiger partial charge in [0.15, 0.2) is 40.3 Å². The average molecular weight is 1550 g/mol. The van der Waals surface area contributed by atoms with Gasteiger partial charge in [-0.15, -0.1) is 68.5 Å². The Morgan fingerprint density at radius 1 is 0.549 bits per heavy atom. The van der Waals surface area contributed by atoms with Crippen molar-refractivity contribution in [1.29, 1.82) is 0 Å². The Kier molecular flexibility index (Phi) is 33.6. The van der Waals surface area contributed by atoms with Gasteiger partial charge in [-0.2, -0.15) is 10.2 Å². The van der Waals surface area contributed by atoms with Gasteiger partial charge in [-0.25, -0.2) is 22.6 Å². The standard InChI is InChI=1S/C23H21FN2O4S.C12H14O5.C11H8ClFOS.C11H9FN2S.C8H5FS.C6H12ClN.C3H4Cl2O/c1-29-20-8-6-14(12-21(20)30-2)19(27)7-9-22(28)26-11-10-18(25-26)16-13-31-23-15(16)4-3-5-17(23)24;1-16-10-5-3-8(7-11(10)17-2)9(13)4-6-12(14)15;12-5-4-10(14)8-6-15-11-7(8)2-1-3-9(11)13;12-9-3-1-2-7-8(6-15-11(7)9)10-4-5-13-14-10;9-7-3-1-2-6-4-5-10-8(6)7;1-5(2)6(7)8(3)4;4-2-1-3(5)6/h3-6,8,12-13H,7,9-11H2,1-2H3;3,5,7H,4,6H2,1-2H3,(H,14,15);1-3,6H,4-5H2;1-3,6,13H,4-5H2;1-5H;1-4H3;1-2H2. The second kappa shape index (κ2) is 41.6. The number of carboxylic acids is 1. The fraction of sp³-hybridized carbons (Fsp3) is 0.270. The van der Waals surface area contributed by atoms with Crippen LogP contribution in [0.1, 0.15) is 107 Å². The van der Waals surface area contributed by atoms with E-state index in [2.05, 4.69) is 15.6 Å². The molecule has 0 aliphatic carbocycles. The number of fused-ring (bicyclic) bond motifs is 4. The maximum Gasteiger partial charge on any atom is 0.303 e. The third kappa shape index (κ3) is 23.5. The number of nitrogens with one attached hydrogen (secondary N) is 1. The Morgan fingerprint density at radius 3 is 1.47 bits per heavy atom. The number of halogens is 8. The summed E-state index contributed by atoms with van der Waals surface area (Å²) in [6, 6.07) is 31.7. The van der Waals surface area contributed by atoms with Crippen molar-refractivity contribution in [2.45, 2.75) is 65.2 Å². The van der Waals surface area contributed by atoms with Crippen molar-refractivity contribution in [2.24, 2.45) is 10.2 Å². The lowest BCUT2D eigenvalue weighted by Gasteiger charge is -2.11. The molecule has 0 bridgehead atoms. The molecule has 6 heterocycles. The number of hydrazone groups is 2. The Balaban J connectivity index is 0.000000199. The van der Waals surface area contributed by atoms with Crippen molar-refractivity contribution < 1.29 is 70.4 Å². The van der Waals surface area contributed by atoms with E-state index in [9.17, 15) is 46.3 Å². The van der Waals surface area contributed by atoms with E-state index in [1.165, 1.54) is 103 Å². The lowest BCUT2D eigenvalue weighted by Crippen LogP contribution is -2.23. The summed E-state index contributed by atoms with van der Waals surface area (Å²) in [4.78, 5) is 70.4. The molecule has 0 saturated carbocycles. The number of allylic oxidation sites excluding steroid dienone is 1. The molecular formula is C74H73Cl4F4N5O11S4. The van der Waals surface area contributed by atoms with Crippen LogP contribution in [0.5, 0.6) is 23.0 Å². The Bertz CT molecular complexity index is 4650. The summed E-state index contributed by atoms with van der Waals surface area (Å²) in [7, 11) is 9.86. The van der Waals surface area contributed by atoms with Gasteiger partial charge in [0.25, 0.3) is 0 Å². The lowest BCUT2D eigenvalue weighted by molar-refractivity contribution is -0.137. The molecule has 6 aromatic carbocycles. The number of alkyl halides is 2. The predicted octanol–water partition coefficient (Wildman–Crippen LogP) is 19.5. The molecule has 540 valence electrons. The van der Waals surface area contributed by atoms with Gasteiger partial charge < -0.3 is 34.4 Å². The van der Waals surface area contributed by atoms with Gasteiger partial charge in [0.05, 0.1) is 71.6 Å². The first-order valence-electron chi connectivity index (χ1n) is 31.2. The first-order valence-corrected chi connectivity index (χ1v) is 36.6. The Labute approximate surface area is 623 Å². The van der Waals surface area contributed by atoms with E-state index in [0.29, 0.717) is 85.6 Å². The largest absolute Gasteiger partial charge is 0.493 e. The number of rotatable bonds is 20. The maximum atomic E-state index is 14.0. The van der Waals surface area contributed by atoms with Gasteiger partial charge in [-0.05, 0) is 109 Å². The number of thiophene rings is 4. The molecule has 102 heavy (non-hydrogen) atoms. The van der Waals surface area contributed by atoms with Gasteiger partial charge in [-0.1, -0.05) is 60.1 Å². The van der Waals surface area contributed by atoms with Crippen molar-refractivity contribution in [2.75, 3.05) is 67.4 Å². The zero-order valence-electron chi connectivity index (χ0n) is 56.7. The SMILES string of the molecule is CC(C)=C(Cl)N(C)C.COc1ccc(C(=O)CCC(=O)N2CCC(c3csc4c(F)cccc34)=N2)cc1OC.COc1ccc(C(=O)CCC(=O)O)cc1OC.Fc1cccc2c(C3=NNCC3)csc12.Fc1cccc2ccsc12.O=C(CCCl)c1csc2c(F)cccc12.O=C(Cl)CCCl. The minimum absolute atomic E-state index is 0.0230. The van der Waals surface area contributed by atoms with Crippen LogP contribution >= 0.6 is 91.8 Å². The zero-order valence-corrected chi connectivity index (χ0v) is 63.0. The molecule has 12 rings (SSSR count). The van der Waals surface area contributed by atoms with E-state index in [0.717, 1.165) is 71.8 Å². The normalized spacial score (nSPS) is 11.7. The number of carbonyl (C=O) groups excluding carboxylic acids is 5.